The quantitative estimate of drug-likeness (QED) is 0.539. The van der Waals surface area contributed by atoms with Gasteiger partial charge in [0.15, 0.2) is 5.78 Å². The summed E-state index contributed by atoms with van der Waals surface area (Å²) in [4.78, 5) is 14.9. The Balaban J connectivity index is 0.000000233. The molecule has 0 amide bonds. The molecule has 0 radical (unpaired) electrons. The van der Waals surface area contributed by atoms with Gasteiger partial charge in [-0.05, 0) is 63.0 Å². The minimum atomic E-state index is -1.12. The van der Waals surface area contributed by atoms with Gasteiger partial charge in [0, 0.05) is 11.9 Å². The number of nitrogens with zero attached hydrogens (tertiary/aromatic N) is 1. The van der Waals surface area contributed by atoms with Crippen LogP contribution in [0.3, 0.4) is 0 Å². The number of hydrogen-bond donors (Lipinski definition) is 3. The molecule has 152 valence electrons. The van der Waals surface area contributed by atoms with Gasteiger partial charge in [-0.2, -0.15) is 0 Å². The van der Waals surface area contributed by atoms with E-state index in [1.165, 1.54) is 30.2 Å². The van der Waals surface area contributed by atoms with Crippen molar-refractivity contribution in [3.63, 3.8) is 0 Å². The second-order valence-corrected chi connectivity index (χ2v) is 7.19. The first-order chi connectivity index (χ1) is 13.2. The molecule has 28 heavy (non-hydrogen) atoms. The molecule has 5 unspecified atom stereocenters. The van der Waals surface area contributed by atoms with Gasteiger partial charge < -0.3 is 20.1 Å². The van der Waals surface area contributed by atoms with Crippen molar-refractivity contribution in [3.8, 4) is 0 Å². The lowest BCUT2D eigenvalue weighted by atomic mass is 9.99. The number of aliphatic hydroxyl groups is 3. The third-order valence-electron chi connectivity index (χ3n) is 4.91. The summed E-state index contributed by atoms with van der Waals surface area (Å²) in [6.45, 7) is 6.78. The van der Waals surface area contributed by atoms with E-state index in [4.69, 9.17) is 4.74 Å². The predicted molar refractivity (Wildman–Crippen MR) is 108 cm³/mol. The smallest absolute Gasteiger partial charge is 0.152 e. The zero-order valence-corrected chi connectivity index (χ0v) is 16.7. The van der Waals surface area contributed by atoms with Gasteiger partial charge in [-0.3, -0.25) is 9.78 Å². The van der Waals surface area contributed by atoms with E-state index < -0.39 is 30.5 Å². The van der Waals surface area contributed by atoms with Crippen LogP contribution in [0.25, 0.3) is 6.08 Å². The van der Waals surface area contributed by atoms with Crippen LogP contribution in [-0.4, -0.2) is 56.6 Å². The SMILES string of the molecule is CC(=O)/C=C\C=C(/C)C(O)C1OC(C)C(O)C1O.Cc1nccc2c1C=CC2. The zero-order valence-electron chi connectivity index (χ0n) is 16.7. The highest BCUT2D eigenvalue weighted by molar-refractivity contribution is 5.87. The van der Waals surface area contributed by atoms with Crippen LogP contribution >= 0.6 is 0 Å². The number of fused-ring (bicyclic) bond motifs is 1. The lowest BCUT2D eigenvalue weighted by Gasteiger charge is -2.21. The van der Waals surface area contributed by atoms with E-state index >= 15 is 0 Å². The largest absolute Gasteiger partial charge is 0.388 e. The van der Waals surface area contributed by atoms with Crippen molar-refractivity contribution in [1.82, 2.24) is 4.98 Å². The van der Waals surface area contributed by atoms with Crippen LogP contribution in [0.15, 0.2) is 42.1 Å². The van der Waals surface area contributed by atoms with Gasteiger partial charge in [-0.1, -0.05) is 24.3 Å². The van der Waals surface area contributed by atoms with E-state index in [1.54, 1.807) is 19.9 Å². The third kappa shape index (κ3) is 5.45. The molecule has 3 rings (SSSR count). The molecule has 0 spiro atoms. The number of ketones is 1. The normalized spacial score (nSPS) is 27.5. The first kappa shape index (κ1) is 22.2. The van der Waals surface area contributed by atoms with Gasteiger partial charge in [-0.25, -0.2) is 0 Å². The van der Waals surface area contributed by atoms with E-state index in [1.807, 2.05) is 6.20 Å². The zero-order chi connectivity index (χ0) is 20.8. The van der Waals surface area contributed by atoms with E-state index in [2.05, 4.69) is 30.1 Å². The maximum Gasteiger partial charge on any atom is 0.152 e. The number of pyridine rings is 1. The third-order valence-corrected chi connectivity index (χ3v) is 4.91. The molecule has 6 nitrogen and oxygen atoms in total. The fourth-order valence-electron chi connectivity index (χ4n) is 3.18. The second kappa shape index (κ2) is 9.89. The molecule has 0 aromatic carbocycles. The topological polar surface area (TPSA) is 99.9 Å². The minimum Gasteiger partial charge on any atom is -0.388 e. The van der Waals surface area contributed by atoms with Crippen molar-refractivity contribution in [2.24, 2.45) is 0 Å². The summed E-state index contributed by atoms with van der Waals surface area (Å²) in [6.07, 6.45) is 7.28. The molecule has 2 aliphatic rings. The van der Waals surface area contributed by atoms with Gasteiger partial charge in [0.05, 0.1) is 6.10 Å². The number of aryl methyl sites for hydroxylation is 1. The summed E-state index contributed by atoms with van der Waals surface area (Å²) in [5, 5.41) is 29.3. The molecule has 6 heteroatoms. The summed E-state index contributed by atoms with van der Waals surface area (Å²) < 4.78 is 5.31. The van der Waals surface area contributed by atoms with Gasteiger partial charge in [0.1, 0.15) is 24.4 Å². The molecular weight excluding hydrogens is 358 g/mol. The Hall–Kier alpha value is -2.12. The van der Waals surface area contributed by atoms with Crippen LogP contribution in [-0.2, 0) is 16.0 Å². The Kier molecular flexibility index (Phi) is 7.83. The summed E-state index contributed by atoms with van der Waals surface area (Å²) >= 11 is 0. The summed E-state index contributed by atoms with van der Waals surface area (Å²) in [5.74, 6) is -0.0882. The van der Waals surface area contributed by atoms with Gasteiger partial charge in [0.2, 0.25) is 0 Å². The van der Waals surface area contributed by atoms with E-state index in [-0.39, 0.29) is 5.78 Å². The fraction of sp³-hybridized carbons (Fsp3) is 0.455. The van der Waals surface area contributed by atoms with Crippen molar-refractivity contribution in [2.75, 3.05) is 0 Å². The predicted octanol–water partition coefficient (Wildman–Crippen LogP) is 1.91. The molecule has 2 heterocycles. The second-order valence-electron chi connectivity index (χ2n) is 7.19. The summed E-state index contributed by atoms with van der Waals surface area (Å²) in [7, 11) is 0. The minimum absolute atomic E-state index is 0.0882. The molecule has 1 fully saturated rings. The molecule has 1 saturated heterocycles. The molecule has 1 aliphatic carbocycles. The Morgan fingerprint density at radius 3 is 2.61 bits per heavy atom. The average Bonchev–Trinajstić information content (AvgIpc) is 3.23. The van der Waals surface area contributed by atoms with Crippen molar-refractivity contribution in [1.29, 1.82) is 0 Å². The molecular formula is C22H29NO5. The average molecular weight is 387 g/mol. The highest BCUT2D eigenvalue weighted by atomic mass is 16.6. The highest BCUT2D eigenvalue weighted by Crippen LogP contribution is 2.26. The number of hydrogen-bond acceptors (Lipinski definition) is 6. The van der Waals surface area contributed by atoms with Gasteiger partial charge >= 0.3 is 0 Å². The Morgan fingerprint density at radius 2 is 2.04 bits per heavy atom. The first-order valence-electron chi connectivity index (χ1n) is 9.38. The number of carbonyl (C=O) groups excluding carboxylic acids is 1. The Labute approximate surface area is 165 Å². The van der Waals surface area contributed by atoms with Crippen molar-refractivity contribution >= 4 is 11.9 Å². The maximum atomic E-state index is 10.7. The van der Waals surface area contributed by atoms with Crippen molar-refractivity contribution in [3.05, 3.63) is 59.0 Å². The van der Waals surface area contributed by atoms with Gasteiger partial charge in [0.25, 0.3) is 0 Å². The lowest BCUT2D eigenvalue weighted by Crippen LogP contribution is -2.39. The van der Waals surface area contributed by atoms with E-state index in [9.17, 15) is 20.1 Å². The first-order valence-corrected chi connectivity index (χ1v) is 9.38. The Morgan fingerprint density at radius 1 is 1.32 bits per heavy atom. The van der Waals surface area contributed by atoms with Crippen molar-refractivity contribution < 1.29 is 24.9 Å². The number of ether oxygens (including phenoxy) is 1. The molecule has 1 aliphatic heterocycles. The van der Waals surface area contributed by atoms with Crippen molar-refractivity contribution in [2.45, 2.75) is 64.6 Å². The molecule has 0 bridgehead atoms. The van der Waals surface area contributed by atoms with Crippen LogP contribution in [0.5, 0.6) is 0 Å². The van der Waals surface area contributed by atoms with Crippen LogP contribution in [0, 0.1) is 6.92 Å². The molecule has 5 atom stereocenters. The summed E-state index contributed by atoms with van der Waals surface area (Å²) in [6, 6.07) is 2.09. The Bertz CT molecular complexity index is 783. The maximum absolute atomic E-state index is 10.7. The number of aromatic nitrogens is 1. The number of aliphatic hydroxyl groups excluding tert-OH is 3. The van der Waals surface area contributed by atoms with Crippen LogP contribution < -0.4 is 0 Å². The molecule has 3 N–H and O–H groups in total. The number of carbonyl (C=O) groups is 1. The summed E-state index contributed by atoms with van der Waals surface area (Å²) in [5.41, 5.74) is 4.43. The van der Waals surface area contributed by atoms with Crippen LogP contribution in [0.4, 0.5) is 0 Å². The van der Waals surface area contributed by atoms with Crippen LogP contribution in [0.1, 0.15) is 37.6 Å². The van der Waals surface area contributed by atoms with E-state index in [0.29, 0.717) is 5.57 Å². The molecule has 1 aromatic rings. The molecule has 0 saturated carbocycles. The number of rotatable bonds is 4. The lowest BCUT2D eigenvalue weighted by molar-refractivity contribution is -0.112. The fourth-order valence-corrected chi connectivity index (χ4v) is 3.18. The van der Waals surface area contributed by atoms with E-state index in [0.717, 1.165) is 12.1 Å². The van der Waals surface area contributed by atoms with Crippen LogP contribution in [0.2, 0.25) is 0 Å². The molecule has 1 aromatic heterocycles. The number of allylic oxidation sites excluding steroid dienone is 4. The highest BCUT2D eigenvalue weighted by Gasteiger charge is 2.44. The monoisotopic (exact) mass is 387 g/mol. The van der Waals surface area contributed by atoms with Gasteiger partial charge in [-0.15, -0.1) is 0 Å². The standard InChI is InChI=1S/C13H20O5.C9H9N/c1-7(5-4-6-8(2)14)10(15)13-12(17)11(16)9(3)18-13;1-7-9-4-2-3-8(9)5-6-10-7/h4-6,9-13,15-17H,1-3H3;2,4-6H,3H2,1H3/b6-4-,7-5+;.